The van der Waals surface area contributed by atoms with E-state index < -0.39 is 31.5 Å². The number of nitriles is 1. The summed E-state index contributed by atoms with van der Waals surface area (Å²) >= 11 is 2.79. The van der Waals surface area contributed by atoms with Crippen molar-refractivity contribution in [3.8, 4) is 6.07 Å². The number of hydrogen-bond acceptors (Lipinski definition) is 3. The van der Waals surface area contributed by atoms with Crippen molar-refractivity contribution in [2.75, 3.05) is 0 Å². The molecule has 8 heteroatoms. The van der Waals surface area contributed by atoms with Crippen LogP contribution in [0.3, 0.4) is 0 Å². The topological polar surface area (TPSA) is 57.9 Å². The minimum absolute atomic E-state index is 0.110. The molecule has 0 aliphatic heterocycles. The highest BCUT2D eigenvalue weighted by atomic mass is 79.9. The van der Waals surface area contributed by atoms with Gasteiger partial charge in [0, 0.05) is 20.7 Å². The Morgan fingerprint density at radius 2 is 2.00 bits per heavy atom. The van der Waals surface area contributed by atoms with Gasteiger partial charge >= 0.3 is 0 Å². The number of halogens is 4. The first-order chi connectivity index (χ1) is 7.27. The summed E-state index contributed by atoms with van der Waals surface area (Å²) in [6.45, 7) is 0. The minimum atomic E-state index is -4.14. The number of rotatable bonds is 2. The van der Waals surface area contributed by atoms with Crippen LogP contribution in [0.2, 0.25) is 0 Å². The van der Waals surface area contributed by atoms with Gasteiger partial charge in [0.25, 0.3) is 15.5 Å². The van der Waals surface area contributed by atoms with E-state index in [9.17, 15) is 17.2 Å². The van der Waals surface area contributed by atoms with Crippen molar-refractivity contribution in [2.45, 2.75) is 11.3 Å². The SMILES string of the molecule is N#Cc1cc(C(F)F)c(Br)cc1S(=O)(=O)Cl. The standard InChI is InChI=1S/C8H3BrClF2NO2S/c9-6-2-7(16(10,14)15)4(3-13)1-5(6)8(11)12/h1-2,8H. The second kappa shape index (κ2) is 4.65. The van der Waals surface area contributed by atoms with E-state index in [4.69, 9.17) is 15.9 Å². The molecule has 0 heterocycles. The number of nitrogens with zero attached hydrogens (tertiary/aromatic N) is 1. The van der Waals surface area contributed by atoms with Crippen LogP contribution in [0.4, 0.5) is 8.78 Å². The second-order valence-corrected chi connectivity index (χ2v) is 6.11. The largest absolute Gasteiger partial charge is 0.264 e. The van der Waals surface area contributed by atoms with Crippen LogP contribution in [0.1, 0.15) is 17.6 Å². The van der Waals surface area contributed by atoms with Gasteiger partial charge in [-0.3, -0.25) is 0 Å². The minimum Gasteiger partial charge on any atom is -0.207 e. The number of hydrogen-bond donors (Lipinski definition) is 0. The van der Waals surface area contributed by atoms with Crippen LogP contribution >= 0.6 is 26.6 Å². The average Bonchev–Trinajstić information content (AvgIpc) is 2.15. The van der Waals surface area contributed by atoms with Crippen molar-refractivity contribution in [3.63, 3.8) is 0 Å². The van der Waals surface area contributed by atoms with Crippen LogP contribution in [0.25, 0.3) is 0 Å². The lowest BCUT2D eigenvalue weighted by molar-refractivity contribution is 0.150. The fourth-order valence-electron chi connectivity index (χ4n) is 1.03. The molecule has 1 rings (SSSR count). The van der Waals surface area contributed by atoms with Crippen molar-refractivity contribution < 1.29 is 17.2 Å². The summed E-state index contributed by atoms with van der Waals surface area (Å²) in [5.74, 6) is 0. The molecule has 3 nitrogen and oxygen atoms in total. The molecule has 0 aliphatic rings. The zero-order valence-corrected chi connectivity index (χ0v) is 10.6. The fourth-order valence-corrected chi connectivity index (χ4v) is 2.70. The summed E-state index contributed by atoms with van der Waals surface area (Å²) in [6, 6.07) is 3.19. The Morgan fingerprint density at radius 3 is 2.38 bits per heavy atom. The summed E-state index contributed by atoms with van der Waals surface area (Å²) in [7, 11) is 0.923. The normalized spacial score (nSPS) is 11.5. The Labute approximate surface area is 103 Å². The lowest BCUT2D eigenvalue weighted by atomic mass is 10.1. The maximum atomic E-state index is 12.5. The van der Waals surface area contributed by atoms with Crippen molar-refractivity contribution in [1.29, 1.82) is 5.26 Å². The molecule has 86 valence electrons. The predicted molar refractivity (Wildman–Crippen MR) is 56.9 cm³/mol. The highest BCUT2D eigenvalue weighted by molar-refractivity contribution is 9.10. The van der Waals surface area contributed by atoms with Crippen LogP contribution in [0.5, 0.6) is 0 Å². The zero-order valence-electron chi connectivity index (χ0n) is 7.42. The molecule has 0 saturated heterocycles. The van der Waals surface area contributed by atoms with E-state index in [-0.39, 0.29) is 4.47 Å². The second-order valence-electron chi connectivity index (χ2n) is 2.72. The molecule has 0 aliphatic carbocycles. The molecule has 0 spiro atoms. The van der Waals surface area contributed by atoms with Crippen molar-refractivity contribution in [3.05, 3.63) is 27.7 Å². The molecule has 0 unspecified atom stereocenters. The molecule has 0 amide bonds. The highest BCUT2D eigenvalue weighted by Crippen LogP contribution is 2.32. The van der Waals surface area contributed by atoms with E-state index in [1.54, 1.807) is 0 Å². The van der Waals surface area contributed by atoms with E-state index in [0.717, 1.165) is 12.1 Å². The first-order valence-corrected chi connectivity index (χ1v) is 6.84. The Hall–Kier alpha value is -0.710. The molecule has 1 aromatic carbocycles. The van der Waals surface area contributed by atoms with Gasteiger partial charge < -0.3 is 0 Å². The van der Waals surface area contributed by atoms with Crippen LogP contribution in [-0.2, 0) is 9.05 Å². The Balaban J connectivity index is 3.59. The molecule has 0 bridgehead atoms. The Bertz CT molecular complexity index is 568. The van der Waals surface area contributed by atoms with Crippen molar-refractivity contribution in [2.24, 2.45) is 0 Å². The van der Waals surface area contributed by atoms with Gasteiger partial charge in [-0.05, 0) is 12.1 Å². The molecule has 0 atom stereocenters. The lowest BCUT2D eigenvalue weighted by Gasteiger charge is -2.06. The van der Waals surface area contributed by atoms with E-state index >= 15 is 0 Å². The van der Waals surface area contributed by atoms with Crippen molar-refractivity contribution in [1.82, 2.24) is 0 Å². The third-order valence-corrected chi connectivity index (χ3v) is 3.77. The van der Waals surface area contributed by atoms with E-state index in [2.05, 4.69) is 15.9 Å². The fraction of sp³-hybridized carbons (Fsp3) is 0.125. The van der Waals surface area contributed by atoms with Crippen LogP contribution in [0, 0.1) is 11.3 Å². The van der Waals surface area contributed by atoms with E-state index in [1.165, 1.54) is 6.07 Å². The van der Waals surface area contributed by atoms with Gasteiger partial charge in [-0.15, -0.1) is 0 Å². The quantitative estimate of drug-likeness (QED) is 0.783. The summed E-state index contributed by atoms with van der Waals surface area (Å²) < 4.78 is 46.9. The van der Waals surface area contributed by atoms with Crippen molar-refractivity contribution >= 4 is 35.7 Å². The maximum absolute atomic E-state index is 12.5. The van der Waals surface area contributed by atoms with E-state index in [0.29, 0.717) is 0 Å². The molecular formula is C8H3BrClF2NO2S. The summed E-state index contributed by atoms with van der Waals surface area (Å²) in [6.07, 6.45) is -2.81. The van der Waals surface area contributed by atoms with Crippen LogP contribution in [-0.4, -0.2) is 8.42 Å². The molecular weight excluding hydrogens is 328 g/mol. The third-order valence-electron chi connectivity index (χ3n) is 1.72. The lowest BCUT2D eigenvalue weighted by Crippen LogP contribution is -1.98. The molecule has 0 fully saturated rings. The van der Waals surface area contributed by atoms with Gasteiger partial charge in [0.15, 0.2) is 0 Å². The van der Waals surface area contributed by atoms with Gasteiger partial charge in [0.1, 0.15) is 11.0 Å². The molecule has 0 N–H and O–H groups in total. The third kappa shape index (κ3) is 2.70. The molecule has 16 heavy (non-hydrogen) atoms. The monoisotopic (exact) mass is 329 g/mol. The van der Waals surface area contributed by atoms with Gasteiger partial charge in [-0.1, -0.05) is 15.9 Å². The smallest absolute Gasteiger partial charge is 0.207 e. The molecule has 1 aromatic rings. The first kappa shape index (κ1) is 13.4. The van der Waals surface area contributed by atoms with Gasteiger partial charge in [-0.25, -0.2) is 17.2 Å². The van der Waals surface area contributed by atoms with Crippen LogP contribution in [0.15, 0.2) is 21.5 Å². The predicted octanol–water partition coefficient (Wildman–Crippen LogP) is 3.19. The first-order valence-electron chi connectivity index (χ1n) is 3.73. The molecule has 0 aromatic heterocycles. The summed E-state index contributed by atoms with van der Waals surface area (Å²) in [5, 5.41) is 8.65. The number of benzene rings is 1. The molecule has 0 saturated carbocycles. The Kier molecular flexibility index (Phi) is 3.88. The maximum Gasteiger partial charge on any atom is 0.264 e. The summed E-state index contributed by atoms with van der Waals surface area (Å²) in [5.41, 5.74) is -0.867. The molecule has 0 radical (unpaired) electrons. The average molecular weight is 331 g/mol. The van der Waals surface area contributed by atoms with Gasteiger partial charge in [0.2, 0.25) is 0 Å². The zero-order chi connectivity index (χ0) is 12.5. The Morgan fingerprint density at radius 1 is 1.44 bits per heavy atom. The van der Waals surface area contributed by atoms with Gasteiger partial charge in [0.05, 0.1) is 5.56 Å². The van der Waals surface area contributed by atoms with Gasteiger partial charge in [-0.2, -0.15) is 5.26 Å². The van der Waals surface area contributed by atoms with Crippen LogP contribution < -0.4 is 0 Å². The summed E-state index contributed by atoms with van der Waals surface area (Å²) in [4.78, 5) is -0.493. The van der Waals surface area contributed by atoms with E-state index in [1.807, 2.05) is 0 Å². The number of alkyl halides is 2. The highest BCUT2D eigenvalue weighted by Gasteiger charge is 2.21.